The zero-order chi connectivity index (χ0) is 18.4. The molecular weight excluding hydrogens is 455 g/mol. The fraction of sp³-hybridized carbons (Fsp3) is 0.900. The first-order chi connectivity index (χ1) is 12.6. The summed E-state index contributed by atoms with van der Waals surface area (Å²) in [7, 11) is 1.76. The molecule has 1 aliphatic heterocycles. The molecule has 1 heterocycles. The van der Waals surface area contributed by atoms with E-state index in [-0.39, 0.29) is 35.9 Å². The van der Waals surface area contributed by atoms with Gasteiger partial charge in [0.1, 0.15) is 0 Å². The summed E-state index contributed by atoms with van der Waals surface area (Å²) in [6.45, 7) is 2.15. The fourth-order valence-electron chi connectivity index (χ4n) is 4.71. The lowest BCUT2D eigenvalue weighted by Gasteiger charge is -2.33. The molecule has 7 heteroatoms. The average molecular weight is 492 g/mol. The van der Waals surface area contributed by atoms with Crippen LogP contribution in [0.5, 0.6) is 0 Å². The minimum atomic E-state index is -0.603. The summed E-state index contributed by atoms with van der Waals surface area (Å²) in [6.07, 6.45) is 11.9. The van der Waals surface area contributed by atoms with E-state index in [9.17, 15) is 9.90 Å². The summed E-state index contributed by atoms with van der Waals surface area (Å²) in [4.78, 5) is 19.0. The molecule has 0 aromatic carbocycles. The third-order valence-corrected chi connectivity index (χ3v) is 6.39. The van der Waals surface area contributed by atoms with Gasteiger partial charge in [0.2, 0.25) is 5.91 Å². The van der Waals surface area contributed by atoms with E-state index in [1.807, 2.05) is 4.90 Å². The number of carbonyl (C=O) groups excluding carboxylic acids is 1. The highest BCUT2D eigenvalue weighted by Crippen LogP contribution is 2.28. The van der Waals surface area contributed by atoms with Crippen molar-refractivity contribution in [2.24, 2.45) is 10.9 Å². The molecule has 1 unspecified atom stereocenters. The number of likely N-dealkylation sites (tertiary alicyclic amines) is 1. The standard InChI is InChI=1S/C20H36N4O2.HI/c1-21-19(22-15-20(26)11-6-3-7-12-20)23-17-10-13-24(14-17)18(25)16-8-4-2-5-9-16;/h16-17,26H,2-15H2,1H3,(H2,21,22,23);1H. The normalized spacial score (nSPS) is 26.4. The fourth-order valence-corrected chi connectivity index (χ4v) is 4.71. The molecule has 1 saturated heterocycles. The number of amides is 1. The van der Waals surface area contributed by atoms with Crippen LogP contribution in [0.1, 0.15) is 70.6 Å². The van der Waals surface area contributed by atoms with Crippen LogP contribution in [-0.2, 0) is 4.79 Å². The molecule has 0 radical (unpaired) electrons. The summed E-state index contributed by atoms with van der Waals surface area (Å²) in [5.74, 6) is 1.34. The van der Waals surface area contributed by atoms with Gasteiger partial charge >= 0.3 is 0 Å². The molecule has 3 fully saturated rings. The molecule has 0 aromatic rings. The number of guanidine groups is 1. The molecule has 0 spiro atoms. The summed E-state index contributed by atoms with van der Waals surface area (Å²) in [6, 6.07) is 0.245. The highest BCUT2D eigenvalue weighted by molar-refractivity contribution is 14.0. The van der Waals surface area contributed by atoms with Crippen molar-refractivity contribution in [3.8, 4) is 0 Å². The third kappa shape index (κ3) is 6.48. The zero-order valence-corrected chi connectivity index (χ0v) is 19.0. The van der Waals surface area contributed by atoms with E-state index in [4.69, 9.17) is 0 Å². The van der Waals surface area contributed by atoms with Crippen LogP contribution < -0.4 is 10.6 Å². The quantitative estimate of drug-likeness (QED) is 0.321. The summed E-state index contributed by atoms with van der Waals surface area (Å²) in [5, 5.41) is 17.4. The van der Waals surface area contributed by atoms with Crippen LogP contribution in [-0.4, -0.2) is 60.2 Å². The van der Waals surface area contributed by atoms with Gasteiger partial charge in [-0.15, -0.1) is 24.0 Å². The highest BCUT2D eigenvalue weighted by Gasteiger charge is 2.33. The Morgan fingerprint density at radius 3 is 2.44 bits per heavy atom. The average Bonchev–Trinajstić information content (AvgIpc) is 3.14. The van der Waals surface area contributed by atoms with Gasteiger partial charge in [-0.05, 0) is 32.1 Å². The molecule has 2 aliphatic carbocycles. The van der Waals surface area contributed by atoms with E-state index in [0.717, 1.165) is 64.0 Å². The van der Waals surface area contributed by atoms with E-state index in [1.165, 1.54) is 25.7 Å². The van der Waals surface area contributed by atoms with Crippen LogP contribution in [0, 0.1) is 5.92 Å². The molecule has 0 bridgehead atoms. The summed E-state index contributed by atoms with van der Waals surface area (Å²) < 4.78 is 0. The van der Waals surface area contributed by atoms with Crippen molar-refractivity contribution in [3.63, 3.8) is 0 Å². The highest BCUT2D eigenvalue weighted by atomic mass is 127. The second kappa shape index (κ2) is 10.8. The number of nitrogens with zero attached hydrogens (tertiary/aromatic N) is 2. The molecule has 3 aliphatic rings. The molecule has 3 N–H and O–H groups in total. The zero-order valence-electron chi connectivity index (χ0n) is 16.7. The van der Waals surface area contributed by atoms with Gasteiger partial charge in [-0.2, -0.15) is 0 Å². The van der Waals surface area contributed by atoms with Crippen LogP contribution in [0.2, 0.25) is 0 Å². The Hall–Kier alpha value is -0.570. The number of rotatable bonds is 4. The van der Waals surface area contributed by atoms with Gasteiger partial charge in [-0.1, -0.05) is 38.5 Å². The Morgan fingerprint density at radius 1 is 1.11 bits per heavy atom. The van der Waals surface area contributed by atoms with Gasteiger partial charge in [0.05, 0.1) is 5.60 Å². The lowest BCUT2D eigenvalue weighted by atomic mass is 9.85. The first kappa shape index (κ1) is 22.7. The number of carbonyl (C=O) groups is 1. The predicted octanol–water partition coefficient (Wildman–Crippen LogP) is 2.65. The molecule has 27 heavy (non-hydrogen) atoms. The number of hydrogen-bond donors (Lipinski definition) is 3. The Balaban J connectivity index is 0.00000261. The molecule has 156 valence electrons. The van der Waals surface area contributed by atoms with Gasteiger partial charge in [0.25, 0.3) is 0 Å². The smallest absolute Gasteiger partial charge is 0.225 e. The molecular formula is C20H37IN4O2. The summed E-state index contributed by atoms with van der Waals surface area (Å²) >= 11 is 0. The third-order valence-electron chi connectivity index (χ3n) is 6.39. The van der Waals surface area contributed by atoms with Crippen molar-refractivity contribution in [3.05, 3.63) is 0 Å². The van der Waals surface area contributed by atoms with Gasteiger partial charge in [-0.3, -0.25) is 9.79 Å². The van der Waals surface area contributed by atoms with E-state index < -0.39 is 5.60 Å². The topological polar surface area (TPSA) is 77.0 Å². The van der Waals surface area contributed by atoms with E-state index in [1.54, 1.807) is 7.05 Å². The molecule has 0 aromatic heterocycles. The summed E-state index contributed by atoms with van der Waals surface area (Å²) in [5.41, 5.74) is -0.603. The monoisotopic (exact) mass is 492 g/mol. The van der Waals surface area contributed by atoms with Crippen LogP contribution in [0.3, 0.4) is 0 Å². The Morgan fingerprint density at radius 2 is 1.78 bits per heavy atom. The SMILES string of the molecule is CN=C(NCC1(O)CCCCC1)NC1CCN(C(=O)C2CCCCC2)C1.I. The second-order valence-electron chi connectivity index (χ2n) is 8.46. The number of halogens is 1. The molecule has 1 amide bonds. The van der Waals surface area contributed by atoms with Crippen molar-refractivity contribution >= 4 is 35.8 Å². The van der Waals surface area contributed by atoms with Crippen molar-refractivity contribution in [2.75, 3.05) is 26.7 Å². The van der Waals surface area contributed by atoms with Crippen molar-refractivity contribution in [2.45, 2.75) is 82.3 Å². The lowest BCUT2D eigenvalue weighted by molar-refractivity contribution is -0.135. The molecule has 6 nitrogen and oxygen atoms in total. The van der Waals surface area contributed by atoms with Crippen LogP contribution in [0.25, 0.3) is 0 Å². The Labute approximate surface area is 181 Å². The van der Waals surface area contributed by atoms with E-state index >= 15 is 0 Å². The maximum atomic E-state index is 12.7. The number of aliphatic hydroxyl groups is 1. The maximum absolute atomic E-state index is 12.7. The minimum absolute atomic E-state index is 0. The Kier molecular flexibility index (Phi) is 9.11. The predicted molar refractivity (Wildman–Crippen MR) is 120 cm³/mol. The molecule has 3 rings (SSSR count). The van der Waals surface area contributed by atoms with E-state index in [0.29, 0.717) is 12.5 Å². The minimum Gasteiger partial charge on any atom is -0.388 e. The van der Waals surface area contributed by atoms with Crippen LogP contribution in [0.15, 0.2) is 4.99 Å². The number of hydrogen-bond acceptors (Lipinski definition) is 3. The molecule has 1 atom stereocenters. The van der Waals surface area contributed by atoms with Crippen molar-refractivity contribution in [1.29, 1.82) is 0 Å². The number of nitrogens with one attached hydrogen (secondary N) is 2. The van der Waals surface area contributed by atoms with Gasteiger partial charge in [0.15, 0.2) is 5.96 Å². The number of aliphatic imine (C=N–C) groups is 1. The van der Waals surface area contributed by atoms with Gasteiger partial charge in [-0.25, -0.2) is 0 Å². The maximum Gasteiger partial charge on any atom is 0.225 e. The molecule has 2 saturated carbocycles. The van der Waals surface area contributed by atoms with Crippen LogP contribution in [0.4, 0.5) is 0 Å². The van der Waals surface area contributed by atoms with Gasteiger partial charge in [0, 0.05) is 38.6 Å². The van der Waals surface area contributed by atoms with Crippen LogP contribution >= 0.6 is 24.0 Å². The lowest BCUT2D eigenvalue weighted by Crippen LogP contribution is -2.51. The second-order valence-corrected chi connectivity index (χ2v) is 8.46. The van der Waals surface area contributed by atoms with Crippen molar-refractivity contribution in [1.82, 2.24) is 15.5 Å². The Bertz CT molecular complexity index is 502. The van der Waals surface area contributed by atoms with E-state index in [2.05, 4.69) is 15.6 Å². The first-order valence-electron chi connectivity index (χ1n) is 10.6. The van der Waals surface area contributed by atoms with Crippen molar-refractivity contribution < 1.29 is 9.90 Å². The largest absolute Gasteiger partial charge is 0.388 e. The van der Waals surface area contributed by atoms with Gasteiger partial charge < -0.3 is 20.6 Å². The first-order valence-corrected chi connectivity index (χ1v) is 10.6.